The van der Waals surface area contributed by atoms with E-state index < -0.39 is 0 Å². The van der Waals surface area contributed by atoms with Crippen molar-refractivity contribution in [2.75, 3.05) is 0 Å². The third kappa shape index (κ3) is 4.60. The second-order valence-electron chi connectivity index (χ2n) is 6.83. The Kier molecular flexibility index (Phi) is 6.25. The molecule has 0 bridgehead atoms. The first-order valence-electron chi connectivity index (χ1n) is 9.70. The van der Waals surface area contributed by atoms with E-state index in [1.807, 2.05) is 84.4 Å². The van der Waals surface area contributed by atoms with Gasteiger partial charge in [0.05, 0.1) is 6.54 Å². The average Bonchev–Trinajstić information content (AvgIpc) is 3.16. The van der Waals surface area contributed by atoms with Crippen molar-refractivity contribution in [2.45, 2.75) is 17.5 Å². The summed E-state index contributed by atoms with van der Waals surface area (Å²) in [4.78, 5) is 12.9. The first kappa shape index (κ1) is 19.9. The molecular formula is C24H22N4OS. The third-order valence-electron chi connectivity index (χ3n) is 4.80. The summed E-state index contributed by atoms with van der Waals surface area (Å²) in [5.74, 6) is 1.41. The Bertz CT molecular complexity index is 1130. The maximum absolute atomic E-state index is 12.9. The summed E-state index contributed by atoms with van der Waals surface area (Å²) < 4.78 is 1.93. The van der Waals surface area contributed by atoms with Crippen molar-refractivity contribution < 1.29 is 4.79 Å². The molecule has 150 valence electrons. The molecule has 0 saturated heterocycles. The van der Waals surface area contributed by atoms with E-state index in [-0.39, 0.29) is 5.91 Å². The Morgan fingerprint density at radius 3 is 2.33 bits per heavy atom. The fourth-order valence-corrected chi connectivity index (χ4v) is 4.04. The molecule has 0 spiro atoms. The minimum absolute atomic E-state index is 0.129. The number of hydrogen-bond donors (Lipinski definition) is 1. The van der Waals surface area contributed by atoms with Gasteiger partial charge in [-0.1, -0.05) is 90.6 Å². The van der Waals surface area contributed by atoms with Gasteiger partial charge in [0.25, 0.3) is 5.91 Å². The molecule has 0 unspecified atom stereocenters. The predicted octanol–water partition coefficient (Wildman–Crippen LogP) is 4.70. The van der Waals surface area contributed by atoms with E-state index in [0.29, 0.717) is 12.1 Å². The van der Waals surface area contributed by atoms with Gasteiger partial charge in [-0.15, -0.1) is 10.2 Å². The fourth-order valence-electron chi connectivity index (χ4n) is 3.15. The monoisotopic (exact) mass is 414 g/mol. The number of benzene rings is 3. The highest BCUT2D eigenvalue weighted by Crippen LogP contribution is 2.24. The molecule has 1 heterocycles. The molecule has 6 heteroatoms. The molecule has 4 rings (SSSR count). The Morgan fingerprint density at radius 1 is 0.900 bits per heavy atom. The van der Waals surface area contributed by atoms with Crippen LogP contribution in [0.2, 0.25) is 0 Å². The third-order valence-corrected chi connectivity index (χ3v) is 5.89. The molecular weight excluding hydrogens is 392 g/mol. The van der Waals surface area contributed by atoms with Crippen molar-refractivity contribution in [1.82, 2.24) is 20.1 Å². The maximum Gasteiger partial charge on any atom is 0.252 e. The SMILES string of the molecule is Cn1c(CNC(=O)c2ccccc2-c2ccccc2)nnc1SCc1ccccc1. The maximum atomic E-state index is 12.9. The normalized spacial score (nSPS) is 10.7. The predicted molar refractivity (Wildman–Crippen MR) is 120 cm³/mol. The first-order valence-corrected chi connectivity index (χ1v) is 10.7. The molecule has 0 aliphatic heterocycles. The van der Waals surface area contributed by atoms with Gasteiger partial charge >= 0.3 is 0 Å². The van der Waals surface area contributed by atoms with E-state index in [4.69, 9.17) is 0 Å². The van der Waals surface area contributed by atoms with Gasteiger partial charge in [0, 0.05) is 18.4 Å². The zero-order valence-electron chi connectivity index (χ0n) is 16.7. The number of carbonyl (C=O) groups excluding carboxylic acids is 1. The van der Waals surface area contributed by atoms with Crippen molar-refractivity contribution in [2.24, 2.45) is 7.05 Å². The van der Waals surface area contributed by atoms with Crippen LogP contribution in [-0.2, 0) is 19.3 Å². The second kappa shape index (κ2) is 9.41. The number of nitrogens with one attached hydrogen (secondary N) is 1. The van der Waals surface area contributed by atoms with Gasteiger partial charge in [-0.05, 0) is 22.8 Å². The van der Waals surface area contributed by atoms with Crippen molar-refractivity contribution >= 4 is 17.7 Å². The lowest BCUT2D eigenvalue weighted by Gasteiger charge is -2.10. The van der Waals surface area contributed by atoms with Gasteiger partial charge in [0.1, 0.15) is 0 Å². The summed E-state index contributed by atoms with van der Waals surface area (Å²) >= 11 is 1.63. The largest absolute Gasteiger partial charge is 0.345 e. The molecule has 1 N–H and O–H groups in total. The average molecular weight is 415 g/mol. The Morgan fingerprint density at radius 2 is 1.57 bits per heavy atom. The van der Waals surface area contributed by atoms with Crippen molar-refractivity contribution in [3.05, 3.63) is 102 Å². The van der Waals surface area contributed by atoms with Gasteiger partial charge < -0.3 is 9.88 Å². The molecule has 1 aromatic heterocycles. The van der Waals surface area contributed by atoms with Crippen LogP contribution in [0, 0.1) is 0 Å². The number of hydrogen-bond acceptors (Lipinski definition) is 4. The van der Waals surface area contributed by atoms with Crippen LogP contribution < -0.4 is 5.32 Å². The highest BCUT2D eigenvalue weighted by molar-refractivity contribution is 7.98. The summed E-state index contributed by atoms with van der Waals surface area (Å²) in [7, 11) is 1.92. The smallest absolute Gasteiger partial charge is 0.252 e. The van der Waals surface area contributed by atoms with Gasteiger partial charge in [0.2, 0.25) is 0 Å². The summed E-state index contributed by atoms with van der Waals surface area (Å²) in [6, 6.07) is 27.8. The van der Waals surface area contributed by atoms with E-state index >= 15 is 0 Å². The van der Waals surface area contributed by atoms with Gasteiger partial charge in [0.15, 0.2) is 11.0 Å². The molecule has 4 aromatic rings. The second-order valence-corrected chi connectivity index (χ2v) is 7.77. The standard InChI is InChI=1S/C24H22N4OS/c1-28-22(26-27-24(28)30-17-18-10-4-2-5-11-18)16-25-23(29)21-15-9-8-14-20(21)19-12-6-3-7-13-19/h2-15H,16-17H2,1H3,(H,25,29). The lowest BCUT2D eigenvalue weighted by atomic mass is 9.99. The van der Waals surface area contributed by atoms with Crippen LogP contribution in [0.25, 0.3) is 11.1 Å². The van der Waals surface area contributed by atoms with Crippen LogP contribution in [-0.4, -0.2) is 20.7 Å². The van der Waals surface area contributed by atoms with Crippen molar-refractivity contribution in [1.29, 1.82) is 0 Å². The van der Waals surface area contributed by atoms with E-state index in [1.54, 1.807) is 11.8 Å². The van der Waals surface area contributed by atoms with Crippen LogP contribution in [0.4, 0.5) is 0 Å². The van der Waals surface area contributed by atoms with Crippen LogP contribution in [0.5, 0.6) is 0 Å². The van der Waals surface area contributed by atoms with E-state index in [1.165, 1.54) is 5.56 Å². The zero-order chi connectivity index (χ0) is 20.8. The molecule has 5 nitrogen and oxygen atoms in total. The summed E-state index contributed by atoms with van der Waals surface area (Å²) in [5, 5.41) is 12.3. The number of rotatable bonds is 7. The summed E-state index contributed by atoms with van der Waals surface area (Å²) in [5.41, 5.74) is 3.80. The Hall–Kier alpha value is -3.38. The Balaban J connectivity index is 1.42. The fraction of sp³-hybridized carbons (Fsp3) is 0.125. The number of thioether (sulfide) groups is 1. The number of amides is 1. The zero-order valence-corrected chi connectivity index (χ0v) is 17.5. The van der Waals surface area contributed by atoms with Crippen molar-refractivity contribution in [3.63, 3.8) is 0 Å². The molecule has 1 amide bonds. The van der Waals surface area contributed by atoms with Crippen LogP contribution in [0.15, 0.2) is 90.1 Å². The van der Waals surface area contributed by atoms with Gasteiger partial charge in [-0.25, -0.2) is 0 Å². The van der Waals surface area contributed by atoms with Crippen molar-refractivity contribution in [3.8, 4) is 11.1 Å². The molecule has 3 aromatic carbocycles. The summed E-state index contributed by atoms with van der Waals surface area (Å²) in [6.45, 7) is 0.317. The number of nitrogens with zero attached hydrogens (tertiary/aromatic N) is 3. The van der Waals surface area contributed by atoms with Crippen LogP contribution >= 0.6 is 11.8 Å². The van der Waals surface area contributed by atoms with E-state index in [9.17, 15) is 4.79 Å². The van der Waals surface area contributed by atoms with Crippen LogP contribution in [0.1, 0.15) is 21.7 Å². The number of carbonyl (C=O) groups is 1. The molecule has 30 heavy (non-hydrogen) atoms. The first-order chi connectivity index (χ1) is 14.7. The topological polar surface area (TPSA) is 59.8 Å². The van der Waals surface area contributed by atoms with Crippen LogP contribution in [0.3, 0.4) is 0 Å². The molecule has 0 aliphatic rings. The lowest BCUT2D eigenvalue weighted by molar-refractivity contribution is 0.0950. The van der Waals surface area contributed by atoms with Gasteiger partial charge in [-0.2, -0.15) is 0 Å². The quantitative estimate of drug-likeness (QED) is 0.445. The number of aromatic nitrogens is 3. The molecule has 0 fully saturated rings. The summed E-state index contributed by atoms with van der Waals surface area (Å²) in [6.07, 6.45) is 0. The van der Waals surface area contributed by atoms with E-state index in [0.717, 1.165) is 27.9 Å². The minimum atomic E-state index is -0.129. The highest BCUT2D eigenvalue weighted by atomic mass is 32.2. The highest BCUT2D eigenvalue weighted by Gasteiger charge is 2.14. The molecule has 0 saturated carbocycles. The molecule has 0 atom stereocenters. The molecule has 0 radical (unpaired) electrons. The molecule has 0 aliphatic carbocycles. The lowest BCUT2D eigenvalue weighted by Crippen LogP contribution is -2.25. The minimum Gasteiger partial charge on any atom is -0.345 e. The Labute approximate surface area is 180 Å². The van der Waals surface area contributed by atoms with Gasteiger partial charge in [-0.3, -0.25) is 4.79 Å². The van der Waals surface area contributed by atoms with E-state index in [2.05, 4.69) is 27.6 Å².